The maximum absolute atomic E-state index is 13.7. The van der Waals surface area contributed by atoms with Gasteiger partial charge >= 0.3 is 15.6 Å². The van der Waals surface area contributed by atoms with Crippen molar-refractivity contribution in [1.29, 1.82) is 0 Å². The van der Waals surface area contributed by atoms with E-state index >= 15 is 0 Å². The lowest BCUT2D eigenvalue weighted by atomic mass is 9.71. The van der Waals surface area contributed by atoms with Crippen molar-refractivity contribution < 1.29 is 53.6 Å². The van der Waals surface area contributed by atoms with E-state index in [0.717, 1.165) is 12.1 Å². The Balaban J connectivity index is 1.43. The number of alkyl halides is 3. The monoisotopic (exact) mass is 683 g/mol. The Hall–Kier alpha value is -2.91. The first kappa shape index (κ1) is 34.4. The summed E-state index contributed by atoms with van der Waals surface area (Å²) in [6, 6.07) is 8.52. The van der Waals surface area contributed by atoms with Gasteiger partial charge in [-0.05, 0) is 82.1 Å². The molecule has 0 bridgehead atoms. The van der Waals surface area contributed by atoms with Crippen LogP contribution in [0.5, 0.6) is 11.5 Å². The minimum absolute atomic E-state index is 0.0110. The molecule has 2 heterocycles. The van der Waals surface area contributed by atoms with Gasteiger partial charge in [-0.1, -0.05) is 20.8 Å². The molecule has 46 heavy (non-hydrogen) atoms. The average molecular weight is 684 g/mol. The third-order valence-corrected chi connectivity index (χ3v) is 9.71. The molecular formula is C32H38F3O9SSi. The molecule has 0 spiro atoms. The van der Waals surface area contributed by atoms with E-state index in [1.54, 1.807) is 18.2 Å². The third kappa shape index (κ3) is 6.34. The van der Waals surface area contributed by atoms with Gasteiger partial charge in [0.05, 0.1) is 11.7 Å². The maximum atomic E-state index is 13.7. The summed E-state index contributed by atoms with van der Waals surface area (Å²) in [6.45, 7) is 18.0. The van der Waals surface area contributed by atoms with Crippen LogP contribution < -0.4 is 8.92 Å². The Labute approximate surface area is 268 Å². The molecule has 0 saturated carbocycles. The molecule has 251 valence electrons. The van der Waals surface area contributed by atoms with Crippen molar-refractivity contribution in [2.45, 2.75) is 96.6 Å². The second-order valence-electron chi connectivity index (χ2n) is 13.9. The Kier molecular flexibility index (Phi) is 8.50. The minimum Gasteiger partial charge on any atom is -0.491 e. The summed E-state index contributed by atoms with van der Waals surface area (Å²) in [5, 5.41) is 0.321. The molecule has 0 N–H and O–H groups in total. The molecule has 3 aromatic rings. The standard InChI is InChI=1S/C32H38F3O9SSi/c1-29(2,3)28(44-46(8)9)26-23(41-31(6,7)42-26)16-39-17-10-12-19-21(14-17)30(4,5)27-24(25(19)36)20-13-11-18(15-22(20)40-27)43-45(37,38)32(33,34)35/h10-15,23,26,28H,16H2,1-9H3/t23-,26?,28?/m1/s1. The summed E-state index contributed by atoms with van der Waals surface area (Å²) in [6.07, 6.45) is -1.06. The number of ketones is 1. The first-order chi connectivity index (χ1) is 21.0. The summed E-state index contributed by atoms with van der Waals surface area (Å²) in [4.78, 5) is 13.7. The predicted octanol–water partition coefficient (Wildman–Crippen LogP) is 7.11. The molecule has 3 atom stereocenters. The van der Waals surface area contributed by atoms with Crippen LogP contribution in [-0.2, 0) is 29.4 Å². The summed E-state index contributed by atoms with van der Waals surface area (Å²) >= 11 is 0. The first-order valence-electron chi connectivity index (χ1n) is 14.7. The number of halogens is 3. The zero-order chi connectivity index (χ0) is 34.2. The van der Waals surface area contributed by atoms with Crippen LogP contribution in [0.1, 0.15) is 75.7 Å². The Morgan fingerprint density at radius 2 is 1.63 bits per heavy atom. The Bertz CT molecular complexity index is 1770. The van der Waals surface area contributed by atoms with Gasteiger partial charge in [0.1, 0.15) is 41.7 Å². The van der Waals surface area contributed by atoms with Gasteiger partial charge in [-0.25, -0.2) is 0 Å². The zero-order valence-corrected chi connectivity index (χ0v) is 28.9. The van der Waals surface area contributed by atoms with Crippen LogP contribution in [0, 0.1) is 5.41 Å². The van der Waals surface area contributed by atoms with Gasteiger partial charge in [0.15, 0.2) is 11.6 Å². The SMILES string of the molecule is C[Si](C)OC(C1OC(C)(C)O[C@@H]1COc1ccc2c(c1)C(C)(C)c1oc3cc(OS(=O)(=O)C(F)(F)F)ccc3c1C2=O)C(C)(C)C. The molecule has 1 fully saturated rings. The number of hydrogen-bond donors (Lipinski definition) is 0. The Morgan fingerprint density at radius 1 is 0.978 bits per heavy atom. The van der Waals surface area contributed by atoms with Crippen molar-refractivity contribution in [1.82, 2.24) is 0 Å². The van der Waals surface area contributed by atoms with Crippen molar-refractivity contribution in [3.05, 3.63) is 58.8 Å². The molecule has 1 aliphatic carbocycles. The van der Waals surface area contributed by atoms with Crippen molar-refractivity contribution >= 4 is 35.9 Å². The fourth-order valence-corrected chi connectivity index (χ4v) is 7.42. The van der Waals surface area contributed by atoms with Gasteiger partial charge in [0.2, 0.25) is 9.04 Å². The van der Waals surface area contributed by atoms with E-state index in [2.05, 4.69) is 38.0 Å². The third-order valence-electron chi connectivity index (χ3n) is 8.01. The highest BCUT2D eigenvalue weighted by Gasteiger charge is 2.50. The molecule has 9 nitrogen and oxygen atoms in total. The summed E-state index contributed by atoms with van der Waals surface area (Å²) in [7, 11) is -6.94. The van der Waals surface area contributed by atoms with Crippen molar-refractivity contribution in [2.24, 2.45) is 5.41 Å². The van der Waals surface area contributed by atoms with Crippen LogP contribution in [-0.4, -0.2) is 59.5 Å². The molecule has 14 heteroatoms. The number of furan rings is 1. The molecule has 2 aromatic carbocycles. The summed E-state index contributed by atoms with van der Waals surface area (Å²) < 4.78 is 97.2. The lowest BCUT2D eigenvalue weighted by Crippen LogP contribution is -2.48. The van der Waals surface area contributed by atoms with Crippen molar-refractivity contribution in [3.8, 4) is 11.5 Å². The van der Waals surface area contributed by atoms with E-state index in [1.807, 2.05) is 27.7 Å². The highest BCUT2D eigenvalue weighted by Crippen LogP contribution is 2.47. The first-order valence-corrected chi connectivity index (χ1v) is 18.6. The lowest BCUT2D eigenvalue weighted by molar-refractivity contribution is -0.160. The normalized spacial score (nSPS) is 21.7. The number of carbonyl (C=O) groups is 1. The summed E-state index contributed by atoms with van der Waals surface area (Å²) in [5.41, 5.74) is -5.42. The van der Waals surface area contributed by atoms with Crippen LogP contribution in [0.25, 0.3) is 11.0 Å². The molecule has 1 radical (unpaired) electrons. The average Bonchev–Trinajstić information content (AvgIpc) is 3.44. The molecule has 2 unspecified atom stereocenters. The second-order valence-corrected chi connectivity index (χ2v) is 17.5. The van der Waals surface area contributed by atoms with Gasteiger partial charge in [-0.3, -0.25) is 4.79 Å². The highest BCUT2D eigenvalue weighted by atomic mass is 32.2. The van der Waals surface area contributed by atoms with Gasteiger partial charge in [-0.15, -0.1) is 0 Å². The fourth-order valence-electron chi connectivity index (χ4n) is 5.97. The van der Waals surface area contributed by atoms with E-state index in [-0.39, 0.29) is 46.9 Å². The van der Waals surface area contributed by atoms with E-state index in [9.17, 15) is 26.4 Å². The molecule has 0 amide bonds. The molecule has 1 saturated heterocycles. The fraction of sp³-hybridized carbons (Fsp3) is 0.531. The largest absolute Gasteiger partial charge is 0.534 e. The predicted molar refractivity (Wildman–Crippen MR) is 165 cm³/mol. The van der Waals surface area contributed by atoms with Gasteiger partial charge < -0.3 is 27.2 Å². The molecule has 1 aromatic heterocycles. The quantitative estimate of drug-likeness (QED) is 0.139. The molecule has 2 aliphatic rings. The Morgan fingerprint density at radius 3 is 2.24 bits per heavy atom. The van der Waals surface area contributed by atoms with Crippen LogP contribution >= 0.6 is 0 Å². The number of ether oxygens (including phenoxy) is 3. The van der Waals surface area contributed by atoms with Crippen LogP contribution in [0.3, 0.4) is 0 Å². The number of carbonyl (C=O) groups excluding carboxylic acids is 1. The lowest BCUT2D eigenvalue weighted by Gasteiger charge is -2.37. The topological polar surface area (TPSA) is 110 Å². The van der Waals surface area contributed by atoms with Gasteiger partial charge in [0, 0.05) is 22.4 Å². The smallest absolute Gasteiger partial charge is 0.491 e. The highest BCUT2D eigenvalue weighted by molar-refractivity contribution is 7.88. The molecule has 5 rings (SSSR count). The van der Waals surface area contributed by atoms with Crippen LogP contribution in [0.15, 0.2) is 40.8 Å². The zero-order valence-electron chi connectivity index (χ0n) is 27.1. The number of benzene rings is 2. The van der Waals surface area contributed by atoms with Gasteiger partial charge in [0.25, 0.3) is 0 Å². The van der Waals surface area contributed by atoms with Crippen molar-refractivity contribution in [3.63, 3.8) is 0 Å². The van der Waals surface area contributed by atoms with E-state index in [1.165, 1.54) is 6.07 Å². The van der Waals surface area contributed by atoms with Gasteiger partial charge in [-0.2, -0.15) is 21.6 Å². The molecular weight excluding hydrogens is 645 g/mol. The number of rotatable bonds is 8. The number of fused-ring (bicyclic) bond motifs is 4. The molecule has 1 aliphatic heterocycles. The van der Waals surface area contributed by atoms with E-state index in [4.69, 9.17) is 23.1 Å². The van der Waals surface area contributed by atoms with Crippen LogP contribution in [0.4, 0.5) is 13.2 Å². The van der Waals surface area contributed by atoms with Crippen molar-refractivity contribution in [2.75, 3.05) is 6.61 Å². The minimum atomic E-state index is -5.89. The second kappa shape index (κ2) is 11.4. The summed E-state index contributed by atoms with van der Waals surface area (Å²) in [5.74, 6) is -1.01. The van der Waals surface area contributed by atoms with Crippen LogP contribution in [0.2, 0.25) is 13.1 Å². The van der Waals surface area contributed by atoms with E-state index in [0.29, 0.717) is 22.3 Å². The number of hydrogen-bond acceptors (Lipinski definition) is 9. The van der Waals surface area contributed by atoms with E-state index < -0.39 is 47.7 Å². The maximum Gasteiger partial charge on any atom is 0.534 e.